The smallest absolute Gasteiger partial charge is 0.191 e. The largest absolute Gasteiger partial charge is 0.491 e. The Hall–Kier alpha value is -1.71. The zero-order valence-electron chi connectivity index (χ0n) is 11.1. The molecule has 0 aliphatic carbocycles. The van der Waals surface area contributed by atoms with Crippen LogP contribution in [0.4, 0.5) is 0 Å². The van der Waals surface area contributed by atoms with E-state index >= 15 is 0 Å². The molecule has 0 atom stereocenters. The summed E-state index contributed by atoms with van der Waals surface area (Å²) in [6.07, 6.45) is 1.33. The maximum Gasteiger partial charge on any atom is 0.191 e. The fourth-order valence-electron chi connectivity index (χ4n) is 1.79. The van der Waals surface area contributed by atoms with Crippen molar-refractivity contribution >= 4 is 5.96 Å². The highest BCUT2D eigenvalue weighted by atomic mass is 16.5. The summed E-state index contributed by atoms with van der Waals surface area (Å²) in [6.45, 7) is 6.77. The number of benzene rings is 1. The van der Waals surface area contributed by atoms with Gasteiger partial charge in [0.05, 0.1) is 6.10 Å². The number of guanidine groups is 1. The van der Waals surface area contributed by atoms with Gasteiger partial charge in [-0.05, 0) is 38.0 Å². The van der Waals surface area contributed by atoms with Crippen LogP contribution in [0.5, 0.6) is 5.75 Å². The van der Waals surface area contributed by atoms with Gasteiger partial charge in [0, 0.05) is 19.6 Å². The summed E-state index contributed by atoms with van der Waals surface area (Å²) < 4.78 is 5.61. The monoisotopic (exact) mass is 247 g/mol. The molecule has 1 aromatic rings. The summed E-state index contributed by atoms with van der Waals surface area (Å²) in [7, 11) is 0. The molecule has 2 N–H and O–H groups in total. The minimum absolute atomic E-state index is 0.217. The van der Waals surface area contributed by atoms with Gasteiger partial charge in [-0.1, -0.05) is 12.1 Å². The van der Waals surface area contributed by atoms with Crippen molar-refractivity contribution in [3.8, 4) is 5.75 Å². The Morgan fingerprint density at radius 1 is 1.33 bits per heavy atom. The van der Waals surface area contributed by atoms with E-state index in [1.165, 1.54) is 5.56 Å². The first-order valence-corrected chi connectivity index (χ1v) is 6.52. The van der Waals surface area contributed by atoms with Gasteiger partial charge < -0.3 is 15.4 Å². The van der Waals surface area contributed by atoms with E-state index < -0.39 is 0 Å². The summed E-state index contributed by atoms with van der Waals surface area (Å²) in [5.74, 6) is 1.82. The van der Waals surface area contributed by atoms with Crippen molar-refractivity contribution in [1.82, 2.24) is 10.6 Å². The fourth-order valence-corrected chi connectivity index (χ4v) is 1.79. The van der Waals surface area contributed by atoms with E-state index in [1.807, 2.05) is 26.0 Å². The number of hydrogen-bond acceptors (Lipinski definition) is 4. The van der Waals surface area contributed by atoms with Crippen molar-refractivity contribution in [2.24, 2.45) is 4.99 Å². The van der Waals surface area contributed by atoms with Gasteiger partial charge in [0.15, 0.2) is 5.96 Å². The van der Waals surface area contributed by atoms with Crippen LogP contribution in [0, 0.1) is 0 Å². The minimum Gasteiger partial charge on any atom is -0.491 e. The zero-order valence-corrected chi connectivity index (χ0v) is 11.1. The molecule has 98 valence electrons. The van der Waals surface area contributed by atoms with Crippen LogP contribution >= 0.6 is 0 Å². The molecule has 0 spiro atoms. The maximum absolute atomic E-state index is 5.61. The predicted molar refractivity (Wildman–Crippen MR) is 74.0 cm³/mol. The molecule has 1 aliphatic rings. The first kappa shape index (κ1) is 12.7. The van der Waals surface area contributed by atoms with Gasteiger partial charge in [0.2, 0.25) is 0 Å². The molecule has 0 unspecified atom stereocenters. The van der Waals surface area contributed by atoms with E-state index in [0.717, 1.165) is 37.8 Å². The second kappa shape index (κ2) is 6.28. The molecule has 0 fully saturated rings. The molecule has 0 saturated heterocycles. The van der Waals surface area contributed by atoms with Crippen molar-refractivity contribution in [2.45, 2.75) is 32.9 Å². The van der Waals surface area contributed by atoms with Crippen LogP contribution in [0.2, 0.25) is 0 Å². The van der Waals surface area contributed by atoms with Crippen molar-refractivity contribution in [1.29, 1.82) is 0 Å². The van der Waals surface area contributed by atoms with E-state index in [4.69, 9.17) is 4.74 Å². The summed E-state index contributed by atoms with van der Waals surface area (Å²) in [4.78, 5) is 4.37. The Labute approximate surface area is 108 Å². The van der Waals surface area contributed by atoms with Crippen LogP contribution < -0.4 is 15.4 Å². The second-order valence-electron chi connectivity index (χ2n) is 4.67. The normalized spacial score (nSPS) is 14.9. The molecular weight excluding hydrogens is 226 g/mol. The van der Waals surface area contributed by atoms with Gasteiger partial charge in [0.25, 0.3) is 0 Å². The summed E-state index contributed by atoms with van der Waals surface area (Å²) >= 11 is 0. The highest BCUT2D eigenvalue weighted by Gasteiger charge is 2.03. The standard InChI is InChI=1S/C14H21N3O/c1-11(2)18-13-6-4-12(5-7-13)10-17-14-15-8-3-9-16-14/h4-7,11H,3,8-10H2,1-2H3,(H2,15,16,17). The number of nitrogens with zero attached hydrogens (tertiary/aromatic N) is 1. The third kappa shape index (κ3) is 3.95. The van der Waals surface area contributed by atoms with Crippen LogP contribution in [-0.4, -0.2) is 25.2 Å². The van der Waals surface area contributed by atoms with Crippen LogP contribution in [0.1, 0.15) is 25.8 Å². The molecule has 0 radical (unpaired) electrons. The number of hydrogen-bond donors (Lipinski definition) is 2. The van der Waals surface area contributed by atoms with Crippen molar-refractivity contribution in [2.75, 3.05) is 13.1 Å². The Kier molecular flexibility index (Phi) is 4.45. The predicted octanol–water partition coefficient (Wildman–Crippen LogP) is 1.91. The summed E-state index contributed by atoms with van der Waals surface area (Å²) in [5, 5.41) is 6.54. The molecule has 1 heterocycles. The molecule has 1 aromatic carbocycles. The second-order valence-corrected chi connectivity index (χ2v) is 4.67. The van der Waals surface area contributed by atoms with Crippen LogP contribution in [0.15, 0.2) is 29.3 Å². The SMILES string of the molecule is CC(C)Oc1ccc(CNC2=NCCCN2)cc1. The average molecular weight is 247 g/mol. The van der Waals surface area contributed by atoms with Gasteiger partial charge in [-0.15, -0.1) is 0 Å². The molecular formula is C14H21N3O. The molecule has 4 nitrogen and oxygen atoms in total. The quantitative estimate of drug-likeness (QED) is 0.854. The van der Waals surface area contributed by atoms with Gasteiger partial charge >= 0.3 is 0 Å². The van der Waals surface area contributed by atoms with Gasteiger partial charge in [0.1, 0.15) is 5.75 Å². The van der Waals surface area contributed by atoms with E-state index in [9.17, 15) is 0 Å². The third-order valence-corrected chi connectivity index (χ3v) is 2.65. The molecule has 4 heteroatoms. The number of ether oxygens (including phenoxy) is 1. The van der Waals surface area contributed by atoms with Crippen LogP contribution in [-0.2, 0) is 6.54 Å². The fraction of sp³-hybridized carbons (Fsp3) is 0.500. The van der Waals surface area contributed by atoms with Crippen molar-refractivity contribution in [3.63, 3.8) is 0 Å². The molecule has 0 bridgehead atoms. The van der Waals surface area contributed by atoms with E-state index in [0.29, 0.717) is 0 Å². The van der Waals surface area contributed by atoms with Crippen LogP contribution in [0.25, 0.3) is 0 Å². The Balaban J connectivity index is 1.84. The molecule has 0 amide bonds. The van der Waals surface area contributed by atoms with E-state index in [-0.39, 0.29) is 6.10 Å². The molecule has 18 heavy (non-hydrogen) atoms. The lowest BCUT2D eigenvalue weighted by atomic mass is 10.2. The van der Waals surface area contributed by atoms with Crippen molar-refractivity contribution in [3.05, 3.63) is 29.8 Å². The van der Waals surface area contributed by atoms with Crippen LogP contribution in [0.3, 0.4) is 0 Å². The first-order valence-electron chi connectivity index (χ1n) is 6.52. The lowest BCUT2D eigenvalue weighted by Gasteiger charge is -2.16. The number of rotatable bonds is 4. The van der Waals surface area contributed by atoms with Crippen molar-refractivity contribution < 1.29 is 4.74 Å². The molecule has 1 aliphatic heterocycles. The highest BCUT2D eigenvalue weighted by molar-refractivity contribution is 5.80. The first-order chi connectivity index (χ1) is 8.74. The number of nitrogens with one attached hydrogen (secondary N) is 2. The lowest BCUT2D eigenvalue weighted by molar-refractivity contribution is 0.242. The van der Waals surface area contributed by atoms with E-state index in [1.54, 1.807) is 0 Å². The number of aliphatic imine (C=N–C) groups is 1. The maximum atomic E-state index is 5.61. The molecule has 0 saturated carbocycles. The summed E-state index contributed by atoms with van der Waals surface area (Å²) in [5.41, 5.74) is 1.22. The third-order valence-electron chi connectivity index (χ3n) is 2.65. The van der Waals surface area contributed by atoms with Gasteiger partial charge in [-0.2, -0.15) is 0 Å². The minimum atomic E-state index is 0.217. The highest BCUT2D eigenvalue weighted by Crippen LogP contribution is 2.13. The Morgan fingerprint density at radius 3 is 2.72 bits per heavy atom. The molecule has 2 rings (SSSR count). The van der Waals surface area contributed by atoms with Gasteiger partial charge in [-0.3, -0.25) is 4.99 Å². The lowest BCUT2D eigenvalue weighted by Crippen LogP contribution is -2.40. The topological polar surface area (TPSA) is 45.6 Å². The Bertz CT molecular complexity index is 398. The van der Waals surface area contributed by atoms with E-state index in [2.05, 4.69) is 27.8 Å². The van der Waals surface area contributed by atoms with Gasteiger partial charge in [-0.25, -0.2) is 0 Å². The molecule has 0 aromatic heterocycles. The average Bonchev–Trinajstić information content (AvgIpc) is 2.38. The summed E-state index contributed by atoms with van der Waals surface area (Å²) in [6, 6.07) is 8.17. The zero-order chi connectivity index (χ0) is 12.8. The Morgan fingerprint density at radius 2 is 2.11 bits per heavy atom.